The second kappa shape index (κ2) is 10.4. The summed E-state index contributed by atoms with van der Waals surface area (Å²) >= 11 is 0. The molecule has 5 nitrogen and oxygen atoms in total. The van der Waals surface area contributed by atoms with Gasteiger partial charge in [-0.25, -0.2) is 0 Å². The summed E-state index contributed by atoms with van der Waals surface area (Å²) in [5, 5.41) is 0. The first-order valence-electron chi connectivity index (χ1n) is 11.8. The van der Waals surface area contributed by atoms with Crippen molar-refractivity contribution in [3.63, 3.8) is 0 Å². The molecule has 0 aliphatic carbocycles. The van der Waals surface area contributed by atoms with E-state index in [4.69, 9.17) is 0 Å². The molecule has 166 valence electrons. The highest BCUT2D eigenvalue weighted by atomic mass is 16.2. The second-order valence-electron chi connectivity index (χ2n) is 9.45. The lowest BCUT2D eigenvalue weighted by molar-refractivity contribution is -0.138. The lowest BCUT2D eigenvalue weighted by Gasteiger charge is -2.37. The van der Waals surface area contributed by atoms with Crippen molar-refractivity contribution < 1.29 is 9.59 Å². The van der Waals surface area contributed by atoms with Crippen LogP contribution in [0.2, 0.25) is 0 Å². The topological polar surface area (TPSA) is 43.9 Å². The summed E-state index contributed by atoms with van der Waals surface area (Å²) in [6.07, 6.45) is 3.91. The number of benzene rings is 1. The van der Waals surface area contributed by atoms with Crippen LogP contribution in [0.15, 0.2) is 24.3 Å². The van der Waals surface area contributed by atoms with Crippen molar-refractivity contribution in [2.45, 2.75) is 66.0 Å². The summed E-state index contributed by atoms with van der Waals surface area (Å²) in [6.45, 7) is 13.9. The number of hydrogen-bond acceptors (Lipinski definition) is 3. The Hall–Kier alpha value is -1.88. The minimum Gasteiger partial charge on any atom is -0.342 e. The van der Waals surface area contributed by atoms with Crippen LogP contribution in [0.1, 0.15) is 69.3 Å². The van der Waals surface area contributed by atoms with E-state index >= 15 is 0 Å². The van der Waals surface area contributed by atoms with Gasteiger partial charge in [0, 0.05) is 50.2 Å². The Balaban J connectivity index is 1.51. The molecule has 0 aromatic heterocycles. The largest absolute Gasteiger partial charge is 0.342 e. The fourth-order valence-corrected chi connectivity index (χ4v) is 4.81. The molecule has 0 saturated carbocycles. The predicted molar refractivity (Wildman–Crippen MR) is 121 cm³/mol. The van der Waals surface area contributed by atoms with Gasteiger partial charge in [0.15, 0.2) is 0 Å². The molecule has 1 aromatic carbocycles. The van der Waals surface area contributed by atoms with Gasteiger partial charge in [-0.3, -0.25) is 14.5 Å². The van der Waals surface area contributed by atoms with Gasteiger partial charge in [-0.1, -0.05) is 26.0 Å². The Morgan fingerprint density at radius 2 is 1.70 bits per heavy atom. The summed E-state index contributed by atoms with van der Waals surface area (Å²) in [4.78, 5) is 32.2. The summed E-state index contributed by atoms with van der Waals surface area (Å²) in [6, 6.07) is 8.57. The number of likely N-dealkylation sites (tertiary alicyclic amines) is 2. The van der Waals surface area contributed by atoms with Crippen LogP contribution < -0.4 is 0 Å². The van der Waals surface area contributed by atoms with Crippen molar-refractivity contribution in [1.29, 1.82) is 0 Å². The summed E-state index contributed by atoms with van der Waals surface area (Å²) in [7, 11) is 0. The Morgan fingerprint density at radius 3 is 2.27 bits per heavy atom. The van der Waals surface area contributed by atoms with Crippen molar-refractivity contribution in [2.24, 2.45) is 11.8 Å². The van der Waals surface area contributed by atoms with Gasteiger partial charge in [0.05, 0.1) is 0 Å². The fourth-order valence-electron chi connectivity index (χ4n) is 4.81. The highest BCUT2D eigenvalue weighted by Gasteiger charge is 2.32. The number of rotatable bonds is 6. The van der Waals surface area contributed by atoms with Crippen molar-refractivity contribution in [2.75, 3.05) is 32.7 Å². The van der Waals surface area contributed by atoms with E-state index in [0.717, 1.165) is 51.0 Å². The first kappa shape index (κ1) is 22.8. The molecule has 2 heterocycles. The van der Waals surface area contributed by atoms with Crippen molar-refractivity contribution >= 4 is 11.8 Å². The molecule has 2 amide bonds. The van der Waals surface area contributed by atoms with Gasteiger partial charge in [-0.15, -0.1) is 0 Å². The van der Waals surface area contributed by atoms with Gasteiger partial charge >= 0.3 is 0 Å². The Labute approximate surface area is 182 Å². The van der Waals surface area contributed by atoms with E-state index in [-0.39, 0.29) is 11.8 Å². The van der Waals surface area contributed by atoms with Crippen molar-refractivity contribution in [1.82, 2.24) is 14.7 Å². The lowest BCUT2D eigenvalue weighted by atomic mass is 9.92. The van der Waals surface area contributed by atoms with Gasteiger partial charge in [-0.05, 0) is 69.7 Å². The third-order valence-corrected chi connectivity index (χ3v) is 6.82. The zero-order valence-corrected chi connectivity index (χ0v) is 19.3. The lowest BCUT2D eigenvalue weighted by Crippen LogP contribution is -2.47. The average Bonchev–Trinajstić information content (AvgIpc) is 2.76. The Morgan fingerprint density at radius 1 is 1.03 bits per heavy atom. The molecule has 0 spiro atoms. The van der Waals surface area contributed by atoms with E-state index in [0.29, 0.717) is 31.0 Å². The highest BCUT2D eigenvalue weighted by molar-refractivity contribution is 5.94. The highest BCUT2D eigenvalue weighted by Crippen LogP contribution is 2.24. The molecule has 2 aliphatic rings. The Kier molecular flexibility index (Phi) is 7.93. The number of hydrogen-bond donors (Lipinski definition) is 0. The maximum atomic E-state index is 12.9. The van der Waals surface area contributed by atoms with Crippen LogP contribution in [0, 0.1) is 11.8 Å². The summed E-state index contributed by atoms with van der Waals surface area (Å²) < 4.78 is 0. The molecule has 0 radical (unpaired) electrons. The zero-order valence-electron chi connectivity index (χ0n) is 19.3. The summed E-state index contributed by atoms with van der Waals surface area (Å²) in [5.74, 6) is 1.09. The minimum atomic E-state index is 0.0813. The van der Waals surface area contributed by atoms with Gasteiger partial charge in [0.25, 0.3) is 5.91 Å². The third kappa shape index (κ3) is 5.63. The van der Waals surface area contributed by atoms with Gasteiger partial charge < -0.3 is 9.80 Å². The third-order valence-electron chi connectivity index (χ3n) is 6.82. The molecule has 2 aliphatic heterocycles. The molecular formula is C25H39N3O2. The maximum absolute atomic E-state index is 12.9. The van der Waals surface area contributed by atoms with Crippen LogP contribution in [0.5, 0.6) is 0 Å². The predicted octanol–water partition coefficient (Wildman–Crippen LogP) is 4.03. The maximum Gasteiger partial charge on any atom is 0.253 e. The first-order valence-corrected chi connectivity index (χ1v) is 11.8. The molecule has 1 unspecified atom stereocenters. The molecule has 2 saturated heterocycles. The van der Waals surface area contributed by atoms with Gasteiger partial charge in [0.1, 0.15) is 0 Å². The van der Waals surface area contributed by atoms with Gasteiger partial charge in [0.2, 0.25) is 5.91 Å². The molecule has 3 rings (SSSR count). The average molecular weight is 414 g/mol. The van der Waals surface area contributed by atoms with E-state index in [1.807, 2.05) is 17.0 Å². The quantitative estimate of drug-likeness (QED) is 0.707. The molecule has 0 bridgehead atoms. The number of piperidine rings is 2. The molecule has 30 heavy (non-hydrogen) atoms. The van der Waals surface area contributed by atoms with Crippen LogP contribution >= 0.6 is 0 Å². The molecule has 1 atom stereocenters. The fraction of sp³-hybridized carbons (Fsp3) is 0.680. The Bertz CT molecular complexity index is 708. The normalized spacial score (nSPS) is 20.8. The molecule has 0 N–H and O–H groups in total. The van der Waals surface area contributed by atoms with Crippen LogP contribution in [-0.2, 0) is 11.3 Å². The summed E-state index contributed by atoms with van der Waals surface area (Å²) in [5.41, 5.74) is 1.99. The second-order valence-corrected chi connectivity index (χ2v) is 9.45. The smallest absolute Gasteiger partial charge is 0.253 e. The number of carbonyl (C=O) groups excluding carboxylic acids is 2. The molecule has 2 fully saturated rings. The van der Waals surface area contributed by atoms with Crippen molar-refractivity contribution in [3.8, 4) is 0 Å². The van der Waals surface area contributed by atoms with E-state index in [9.17, 15) is 9.59 Å². The number of amides is 2. The number of nitrogens with zero attached hydrogens (tertiary/aromatic N) is 3. The molecule has 1 aromatic rings. The monoisotopic (exact) mass is 413 g/mol. The first-order chi connectivity index (χ1) is 14.4. The standard InChI is InChI=1S/C25H39N3O2/c1-5-26(19(2)3)18-21-8-10-22(11-9-21)24(29)27-15-12-23(13-16-27)25(30)28-14-6-7-20(4)17-28/h8-11,19-20,23H,5-7,12-18H2,1-4H3. The van der Waals surface area contributed by atoms with Crippen LogP contribution in [-0.4, -0.2) is 65.3 Å². The van der Waals surface area contributed by atoms with Crippen LogP contribution in [0.3, 0.4) is 0 Å². The van der Waals surface area contributed by atoms with E-state index in [1.165, 1.54) is 12.0 Å². The van der Waals surface area contributed by atoms with Crippen LogP contribution in [0.4, 0.5) is 0 Å². The van der Waals surface area contributed by atoms with Crippen molar-refractivity contribution in [3.05, 3.63) is 35.4 Å². The molecular weight excluding hydrogens is 374 g/mol. The van der Waals surface area contributed by atoms with Crippen LogP contribution in [0.25, 0.3) is 0 Å². The number of carbonyl (C=O) groups is 2. The zero-order chi connectivity index (χ0) is 21.7. The van der Waals surface area contributed by atoms with E-state index < -0.39 is 0 Å². The van der Waals surface area contributed by atoms with E-state index in [2.05, 4.69) is 49.6 Å². The van der Waals surface area contributed by atoms with Gasteiger partial charge in [-0.2, -0.15) is 0 Å². The SMILES string of the molecule is CCN(Cc1ccc(C(=O)N2CCC(C(=O)N3CCCC(C)C3)CC2)cc1)C(C)C. The van der Waals surface area contributed by atoms with E-state index in [1.54, 1.807) is 0 Å². The molecule has 5 heteroatoms. The minimum absolute atomic E-state index is 0.0813.